The summed E-state index contributed by atoms with van der Waals surface area (Å²) in [5.74, 6) is 2.55. The van der Waals surface area contributed by atoms with Crippen molar-refractivity contribution in [2.24, 2.45) is 12.0 Å². The Morgan fingerprint density at radius 3 is 2.96 bits per heavy atom. The number of hydrogen-bond donors (Lipinski definition) is 2. The van der Waals surface area contributed by atoms with Gasteiger partial charge in [0.2, 0.25) is 0 Å². The zero-order valence-electron chi connectivity index (χ0n) is 14.9. The van der Waals surface area contributed by atoms with Gasteiger partial charge in [-0.25, -0.2) is 4.98 Å². The van der Waals surface area contributed by atoms with E-state index in [4.69, 9.17) is 4.74 Å². The summed E-state index contributed by atoms with van der Waals surface area (Å²) in [7, 11) is 5.37. The number of guanidine groups is 1. The van der Waals surface area contributed by atoms with Crippen LogP contribution in [0.2, 0.25) is 0 Å². The monoisotopic (exact) mass is 343 g/mol. The molecule has 0 bridgehead atoms. The second kappa shape index (κ2) is 7.87. The molecule has 1 fully saturated rings. The van der Waals surface area contributed by atoms with E-state index in [1.807, 2.05) is 25.2 Å². The largest absolute Gasteiger partial charge is 0.495 e. The number of ether oxygens (including phenoxy) is 1. The van der Waals surface area contributed by atoms with Crippen molar-refractivity contribution in [3.63, 3.8) is 0 Å². The van der Waals surface area contributed by atoms with Gasteiger partial charge in [0.05, 0.1) is 19.3 Å². The lowest BCUT2D eigenvalue weighted by Gasteiger charge is -2.22. The second-order valence-corrected chi connectivity index (χ2v) is 5.97. The van der Waals surface area contributed by atoms with Crippen LogP contribution in [0.25, 0.3) is 0 Å². The van der Waals surface area contributed by atoms with Gasteiger partial charge >= 0.3 is 0 Å². The fourth-order valence-corrected chi connectivity index (χ4v) is 3.02. The van der Waals surface area contributed by atoms with Crippen LogP contribution in [0.4, 0.5) is 5.69 Å². The molecule has 3 rings (SSSR count). The molecule has 1 saturated heterocycles. The fourth-order valence-electron chi connectivity index (χ4n) is 3.02. The molecule has 0 saturated carbocycles. The number of para-hydroxylation sites is 2. The van der Waals surface area contributed by atoms with Gasteiger partial charge < -0.3 is 20.3 Å². The lowest BCUT2D eigenvalue weighted by molar-refractivity contribution is 0.415. The van der Waals surface area contributed by atoms with Crippen molar-refractivity contribution in [3.8, 4) is 5.75 Å². The molecule has 1 aliphatic rings. The van der Waals surface area contributed by atoms with Gasteiger partial charge in [-0.15, -0.1) is 0 Å². The van der Waals surface area contributed by atoms with E-state index in [1.165, 1.54) is 0 Å². The molecule has 1 aliphatic heterocycles. The highest BCUT2D eigenvalue weighted by atomic mass is 16.5. The molecular formula is C17H25N7O. The highest BCUT2D eigenvalue weighted by Gasteiger charge is 2.25. The maximum atomic E-state index is 5.47. The van der Waals surface area contributed by atoms with Crippen LogP contribution >= 0.6 is 0 Å². The Labute approximate surface area is 147 Å². The highest BCUT2D eigenvalue weighted by Crippen LogP contribution is 2.30. The number of aromatic nitrogens is 3. The van der Waals surface area contributed by atoms with Gasteiger partial charge in [-0.05, 0) is 18.6 Å². The van der Waals surface area contributed by atoms with Crippen molar-refractivity contribution >= 4 is 11.6 Å². The molecule has 2 N–H and O–H groups in total. The number of nitrogens with one attached hydrogen (secondary N) is 2. The van der Waals surface area contributed by atoms with E-state index in [0.29, 0.717) is 12.6 Å². The molecule has 25 heavy (non-hydrogen) atoms. The number of methoxy groups -OCH3 is 1. The lowest BCUT2D eigenvalue weighted by atomic mass is 10.2. The van der Waals surface area contributed by atoms with E-state index in [1.54, 1.807) is 25.2 Å². The molecule has 0 radical (unpaired) electrons. The number of hydrogen-bond acceptors (Lipinski definition) is 5. The average molecular weight is 343 g/mol. The predicted octanol–water partition coefficient (Wildman–Crippen LogP) is 0.768. The zero-order valence-corrected chi connectivity index (χ0v) is 14.9. The Morgan fingerprint density at radius 1 is 1.40 bits per heavy atom. The van der Waals surface area contributed by atoms with Crippen molar-refractivity contribution in [1.82, 2.24) is 25.4 Å². The minimum Gasteiger partial charge on any atom is -0.495 e. The smallest absolute Gasteiger partial charge is 0.191 e. The van der Waals surface area contributed by atoms with Crippen LogP contribution in [0.1, 0.15) is 12.2 Å². The Balaban J connectivity index is 1.55. The van der Waals surface area contributed by atoms with Crippen LogP contribution in [0.5, 0.6) is 5.75 Å². The Bertz CT molecular complexity index is 727. The van der Waals surface area contributed by atoms with Gasteiger partial charge in [-0.3, -0.25) is 9.67 Å². The first-order valence-corrected chi connectivity index (χ1v) is 8.39. The van der Waals surface area contributed by atoms with Crippen molar-refractivity contribution in [2.75, 3.05) is 32.1 Å². The van der Waals surface area contributed by atoms with E-state index in [9.17, 15) is 0 Å². The van der Waals surface area contributed by atoms with Crippen LogP contribution in [0.3, 0.4) is 0 Å². The standard InChI is InChI=1S/C17H25N7O/c1-18-17(19-10-16-20-12-21-23(16)2)22-13-8-9-24(11-13)14-6-4-5-7-15(14)25-3/h4-7,12-13H,8-11H2,1-3H3,(H2,18,19,22). The van der Waals surface area contributed by atoms with E-state index in [0.717, 1.165) is 42.7 Å². The quantitative estimate of drug-likeness (QED) is 0.617. The number of aryl methyl sites for hydroxylation is 1. The molecular weight excluding hydrogens is 318 g/mol. The second-order valence-electron chi connectivity index (χ2n) is 5.97. The molecule has 0 spiro atoms. The number of nitrogens with zero attached hydrogens (tertiary/aromatic N) is 5. The Morgan fingerprint density at radius 2 is 2.24 bits per heavy atom. The average Bonchev–Trinajstić information content (AvgIpc) is 3.27. The zero-order chi connectivity index (χ0) is 17.6. The number of anilines is 1. The molecule has 8 heteroatoms. The number of benzene rings is 1. The third kappa shape index (κ3) is 4.01. The summed E-state index contributed by atoms with van der Waals surface area (Å²) < 4.78 is 7.22. The number of rotatable bonds is 5. The van der Waals surface area contributed by atoms with Gasteiger partial charge in [-0.2, -0.15) is 5.10 Å². The van der Waals surface area contributed by atoms with E-state index in [-0.39, 0.29) is 0 Å². The van der Waals surface area contributed by atoms with Crippen LogP contribution < -0.4 is 20.3 Å². The third-order valence-electron chi connectivity index (χ3n) is 4.40. The minimum absolute atomic E-state index is 0.329. The molecule has 134 valence electrons. The van der Waals surface area contributed by atoms with E-state index in [2.05, 4.69) is 36.7 Å². The van der Waals surface area contributed by atoms with Gasteiger partial charge in [-0.1, -0.05) is 12.1 Å². The predicted molar refractivity (Wildman–Crippen MR) is 97.9 cm³/mol. The first kappa shape index (κ1) is 17.1. The summed E-state index contributed by atoms with van der Waals surface area (Å²) in [6.07, 6.45) is 2.60. The van der Waals surface area contributed by atoms with Crippen LogP contribution in [-0.2, 0) is 13.6 Å². The van der Waals surface area contributed by atoms with Crippen molar-refractivity contribution < 1.29 is 4.74 Å². The summed E-state index contributed by atoms with van der Waals surface area (Å²) in [6, 6.07) is 8.46. The Kier molecular flexibility index (Phi) is 5.37. The molecule has 1 unspecified atom stereocenters. The minimum atomic E-state index is 0.329. The van der Waals surface area contributed by atoms with Crippen LogP contribution in [-0.4, -0.2) is 54.0 Å². The molecule has 0 aliphatic carbocycles. The molecule has 0 amide bonds. The van der Waals surface area contributed by atoms with Crippen LogP contribution in [0.15, 0.2) is 35.6 Å². The molecule has 1 atom stereocenters. The summed E-state index contributed by atoms with van der Waals surface area (Å²) in [4.78, 5) is 10.9. The molecule has 8 nitrogen and oxygen atoms in total. The first-order chi connectivity index (χ1) is 12.2. The van der Waals surface area contributed by atoms with Gasteiger partial charge in [0.25, 0.3) is 0 Å². The fraction of sp³-hybridized carbons (Fsp3) is 0.471. The summed E-state index contributed by atoms with van der Waals surface area (Å²) in [5, 5.41) is 10.8. The number of aliphatic imine (C=N–C) groups is 1. The van der Waals surface area contributed by atoms with Crippen molar-refractivity contribution in [1.29, 1.82) is 0 Å². The SMILES string of the molecule is CN=C(NCc1ncnn1C)NC1CCN(c2ccccc2OC)C1. The summed E-state index contributed by atoms with van der Waals surface area (Å²) >= 11 is 0. The molecule has 2 heterocycles. The maximum Gasteiger partial charge on any atom is 0.191 e. The van der Waals surface area contributed by atoms with Crippen molar-refractivity contribution in [3.05, 3.63) is 36.4 Å². The molecule has 2 aromatic rings. The van der Waals surface area contributed by atoms with Crippen molar-refractivity contribution in [2.45, 2.75) is 19.0 Å². The Hall–Kier alpha value is -2.77. The maximum absolute atomic E-state index is 5.47. The first-order valence-electron chi connectivity index (χ1n) is 8.39. The van der Waals surface area contributed by atoms with Crippen LogP contribution in [0, 0.1) is 0 Å². The summed E-state index contributed by atoms with van der Waals surface area (Å²) in [5.41, 5.74) is 1.14. The van der Waals surface area contributed by atoms with Gasteiger partial charge in [0, 0.05) is 33.2 Å². The van der Waals surface area contributed by atoms with Gasteiger partial charge in [0.15, 0.2) is 5.96 Å². The molecule has 1 aromatic heterocycles. The van der Waals surface area contributed by atoms with E-state index < -0.39 is 0 Å². The topological polar surface area (TPSA) is 79.6 Å². The normalized spacial score (nSPS) is 17.6. The van der Waals surface area contributed by atoms with E-state index >= 15 is 0 Å². The lowest BCUT2D eigenvalue weighted by Crippen LogP contribution is -2.44. The van der Waals surface area contributed by atoms with Gasteiger partial charge in [0.1, 0.15) is 17.9 Å². The highest BCUT2D eigenvalue weighted by molar-refractivity contribution is 5.80. The molecule has 1 aromatic carbocycles. The summed E-state index contributed by atoms with van der Waals surface area (Å²) in [6.45, 7) is 2.47. The third-order valence-corrected chi connectivity index (χ3v) is 4.40.